The maximum Gasteiger partial charge on any atom is 0.141 e. The van der Waals surface area contributed by atoms with Gasteiger partial charge in [-0.1, -0.05) is 32.9 Å². The molecule has 0 unspecified atom stereocenters. The van der Waals surface area contributed by atoms with Crippen LogP contribution in [0.15, 0.2) is 12.2 Å². The van der Waals surface area contributed by atoms with E-state index in [1.165, 1.54) is 0 Å². The minimum atomic E-state index is 0.160. The van der Waals surface area contributed by atoms with E-state index in [2.05, 4.69) is 32.9 Å². The molecular weight excluding hydrogens is 148 g/mol. The van der Waals surface area contributed by atoms with E-state index in [0.29, 0.717) is 23.5 Å². The van der Waals surface area contributed by atoms with E-state index in [0.717, 1.165) is 6.42 Å². The zero-order chi connectivity index (χ0) is 8.93. The van der Waals surface area contributed by atoms with Crippen molar-refractivity contribution in [3.05, 3.63) is 12.2 Å². The van der Waals surface area contributed by atoms with Gasteiger partial charge >= 0.3 is 0 Å². The third-order valence-electron chi connectivity index (χ3n) is 3.20. The van der Waals surface area contributed by atoms with Gasteiger partial charge in [-0.3, -0.25) is 4.79 Å². The summed E-state index contributed by atoms with van der Waals surface area (Å²) in [7, 11) is 0. The summed E-state index contributed by atoms with van der Waals surface area (Å²) in [5.74, 6) is 1.71. The number of fused-ring (bicyclic) bond motifs is 1. The van der Waals surface area contributed by atoms with Crippen molar-refractivity contribution in [2.45, 2.75) is 27.2 Å². The molecule has 0 saturated heterocycles. The van der Waals surface area contributed by atoms with E-state index >= 15 is 0 Å². The monoisotopic (exact) mass is 164 g/mol. The number of Topliss-reactive ketones (excluding diaryl/α,β-unsaturated/α-hetero) is 1. The average molecular weight is 164 g/mol. The Morgan fingerprint density at radius 3 is 2.67 bits per heavy atom. The number of hydrogen-bond donors (Lipinski definition) is 0. The first kappa shape index (κ1) is 8.03. The standard InChI is InChI=1S/C11H16O/c1-11(2,3)9-7-5-4-6-8(7)10(9)12/h4-5,7-9H,6H2,1-3H3/t7-,8+,9-/m0/s1. The van der Waals surface area contributed by atoms with Crippen molar-refractivity contribution >= 4 is 5.78 Å². The molecule has 0 aromatic carbocycles. The summed E-state index contributed by atoms with van der Waals surface area (Å²) in [4.78, 5) is 11.6. The van der Waals surface area contributed by atoms with Crippen LogP contribution in [-0.2, 0) is 4.79 Å². The number of carbonyl (C=O) groups excluding carboxylic acids is 1. The predicted octanol–water partition coefficient (Wildman–Crippen LogP) is 2.42. The Kier molecular flexibility index (Phi) is 1.48. The van der Waals surface area contributed by atoms with E-state index in [9.17, 15) is 4.79 Å². The summed E-state index contributed by atoms with van der Waals surface area (Å²) in [6.45, 7) is 6.49. The van der Waals surface area contributed by atoms with Crippen LogP contribution in [0.4, 0.5) is 0 Å². The molecule has 0 N–H and O–H groups in total. The lowest BCUT2D eigenvalue weighted by Gasteiger charge is -2.46. The summed E-state index contributed by atoms with van der Waals surface area (Å²) >= 11 is 0. The molecule has 2 aliphatic rings. The van der Waals surface area contributed by atoms with Gasteiger partial charge in [0.2, 0.25) is 0 Å². The van der Waals surface area contributed by atoms with Gasteiger partial charge in [0.15, 0.2) is 0 Å². The number of allylic oxidation sites excluding steroid dienone is 2. The predicted molar refractivity (Wildman–Crippen MR) is 48.7 cm³/mol. The zero-order valence-corrected chi connectivity index (χ0v) is 8.00. The molecule has 1 saturated carbocycles. The van der Waals surface area contributed by atoms with Crippen LogP contribution < -0.4 is 0 Å². The van der Waals surface area contributed by atoms with Crippen molar-refractivity contribution < 1.29 is 4.79 Å². The fraction of sp³-hybridized carbons (Fsp3) is 0.727. The molecule has 0 aliphatic heterocycles. The summed E-state index contributed by atoms with van der Waals surface area (Å²) in [5, 5.41) is 0. The van der Waals surface area contributed by atoms with Crippen LogP contribution in [0, 0.1) is 23.2 Å². The molecule has 66 valence electrons. The molecule has 1 nitrogen and oxygen atoms in total. The molecule has 0 bridgehead atoms. The Bertz CT molecular complexity index is 244. The van der Waals surface area contributed by atoms with Gasteiger partial charge in [0.05, 0.1) is 0 Å². The first-order valence-corrected chi connectivity index (χ1v) is 4.72. The van der Waals surface area contributed by atoms with Gasteiger partial charge in [-0.05, 0) is 17.8 Å². The number of carbonyl (C=O) groups is 1. The van der Waals surface area contributed by atoms with Crippen LogP contribution >= 0.6 is 0 Å². The Labute approximate surface area is 73.8 Å². The second-order valence-electron chi connectivity index (χ2n) is 5.09. The minimum Gasteiger partial charge on any atom is -0.299 e. The highest BCUT2D eigenvalue weighted by Gasteiger charge is 2.53. The van der Waals surface area contributed by atoms with Crippen LogP contribution in [0.5, 0.6) is 0 Å². The van der Waals surface area contributed by atoms with Crippen LogP contribution in [0.25, 0.3) is 0 Å². The molecule has 0 aromatic rings. The molecule has 0 radical (unpaired) electrons. The van der Waals surface area contributed by atoms with Gasteiger partial charge in [0, 0.05) is 11.8 Å². The van der Waals surface area contributed by atoms with E-state index in [1.807, 2.05) is 0 Å². The quantitative estimate of drug-likeness (QED) is 0.502. The maximum atomic E-state index is 11.6. The molecule has 0 heterocycles. The van der Waals surface area contributed by atoms with Gasteiger partial charge < -0.3 is 0 Å². The summed E-state index contributed by atoms with van der Waals surface area (Å²) in [5.41, 5.74) is 0.160. The summed E-state index contributed by atoms with van der Waals surface area (Å²) in [6, 6.07) is 0. The summed E-state index contributed by atoms with van der Waals surface area (Å²) < 4.78 is 0. The van der Waals surface area contributed by atoms with Gasteiger partial charge in [0.1, 0.15) is 5.78 Å². The SMILES string of the molecule is CC(C)(C)[C@@H]1C(=O)[C@@H]2CC=C[C@H]12. The number of rotatable bonds is 0. The van der Waals surface area contributed by atoms with Crippen molar-refractivity contribution in [2.75, 3.05) is 0 Å². The van der Waals surface area contributed by atoms with E-state index in [4.69, 9.17) is 0 Å². The van der Waals surface area contributed by atoms with Gasteiger partial charge in [-0.2, -0.15) is 0 Å². The number of ketones is 1. The molecule has 12 heavy (non-hydrogen) atoms. The maximum absolute atomic E-state index is 11.6. The van der Waals surface area contributed by atoms with Crippen molar-refractivity contribution in [1.29, 1.82) is 0 Å². The normalized spacial score (nSPS) is 39.6. The summed E-state index contributed by atoms with van der Waals surface area (Å²) in [6.07, 6.45) is 5.40. The molecular formula is C11H16O. The first-order valence-electron chi connectivity index (χ1n) is 4.72. The molecule has 1 heteroatoms. The lowest BCUT2D eigenvalue weighted by Crippen LogP contribution is -2.50. The largest absolute Gasteiger partial charge is 0.299 e. The molecule has 2 aliphatic carbocycles. The van der Waals surface area contributed by atoms with Crippen molar-refractivity contribution in [1.82, 2.24) is 0 Å². The fourth-order valence-electron chi connectivity index (χ4n) is 2.63. The van der Waals surface area contributed by atoms with Crippen LogP contribution in [0.1, 0.15) is 27.2 Å². The second-order valence-corrected chi connectivity index (χ2v) is 5.09. The topological polar surface area (TPSA) is 17.1 Å². The van der Waals surface area contributed by atoms with Gasteiger partial charge in [-0.25, -0.2) is 0 Å². The highest BCUT2D eigenvalue weighted by Crippen LogP contribution is 2.51. The van der Waals surface area contributed by atoms with Crippen molar-refractivity contribution in [2.24, 2.45) is 23.2 Å². The Morgan fingerprint density at radius 1 is 1.42 bits per heavy atom. The highest BCUT2D eigenvalue weighted by molar-refractivity contribution is 5.92. The smallest absolute Gasteiger partial charge is 0.141 e. The molecule has 0 spiro atoms. The van der Waals surface area contributed by atoms with Crippen molar-refractivity contribution in [3.63, 3.8) is 0 Å². The van der Waals surface area contributed by atoms with E-state index in [1.54, 1.807) is 0 Å². The van der Waals surface area contributed by atoms with Gasteiger partial charge in [-0.15, -0.1) is 0 Å². The van der Waals surface area contributed by atoms with Crippen molar-refractivity contribution in [3.8, 4) is 0 Å². The molecule has 0 aromatic heterocycles. The van der Waals surface area contributed by atoms with E-state index < -0.39 is 0 Å². The Hall–Kier alpha value is -0.590. The third kappa shape index (κ3) is 0.886. The van der Waals surface area contributed by atoms with E-state index in [-0.39, 0.29) is 5.41 Å². The molecule has 1 fully saturated rings. The average Bonchev–Trinajstić information content (AvgIpc) is 2.27. The van der Waals surface area contributed by atoms with Crippen LogP contribution in [-0.4, -0.2) is 5.78 Å². The molecule has 0 amide bonds. The third-order valence-corrected chi connectivity index (χ3v) is 3.20. The Balaban J connectivity index is 2.19. The van der Waals surface area contributed by atoms with Crippen LogP contribution in [0.3, 0.4) is 0 Å². The molecule has 2 rings (SSSR count). The minimum absolute atomic E-state index is 0.160. The lowest BCUT2D eigenvalue weighted by molar-refractivity contribution is -0.145. The first-order chi connectivity index (χ1) is 5.52. The van der Waals surface area contributed by atoms with Gasteiger partial charge in [0.25, 0.3) is 0 Å². The fourth-order valence-corrected chi connectivity index (χ4v) is 2.63. The lowest BCUT2D eigenvalue weighted by atomic mass is 9.56. The number of hydrogen-bond acceptors (Lipinski definition) is 1. The zero-order valence-electron chi connectivity index (χ0n) is 8.00. The highest BCUT2D eigenvalue weighted by atomic mass is 16.1. The Morgan fingerprint density at radius 2 is 2.08 bits per heavy atom. The molecule has 3 atom stereocenters. The second kappa shape index (κ2) is 2.21. The van der Waals surface area contributed by atoms with Crippen LogP contribution in [0.2, 0.25) is 0 Å².